The molecule has 0 saturated carbocycles. The lowest BCUT2D eigenvalue weighted by Gasteiger charge is -2.12. The van der Waals surface area contributed by atoms with E-state index in [9.17, 15) is 18.4 Å². The highest BCUT2D eigenvalue weighted by atomic mass is 19.1. The Kier molecular flexibility index (Phi) is 8.68. The number of nitrogens with zero attached hydrogens (tertiary/aromatic N) is 4. The minimum atomic E-state index is -0.289. The molecule has 44 heavy (non-hydrogen) atoms. The van der Waals surface area contributed by atoms with Gasteiger partial charge in [0.05, 0.1) is 22.2 Å². The van der Waals surface area contributed by atoms with Crippen molar-refractivity contribution >= 4 is 21.5 Å². The molecule has 0 spiro atoms. The molecule has 6 nitrogen and oxygen atoms in total. The average molecular weight is 591 g/mol. The number of aromatic nitrogens is 4. The predicted octanol–water partition coefficient (Wildman–Crippen LogP) is 6.83. The lowest BCUT2D eigenvalue weighted by molar-refractivity contribution is 0.481. The van der Waals surface area contributed by atoms with Gasteiger partial charge in [-0.2, -0.15) is 10.2 Å². The summed E-state index contributed by atoms with van der Waals surface area (Å²) in [7, 11) is 0. The zero-order valence-electron chi connectivity index (χ0n) is 24.3. The Labute approximate surface area is 253 Å². The van der Waals surface area contributed by atoms with E-state index in [0.717, 1.165) is 59.0 Å². The second-order valence-electron chi connectivity index (χ2n) is 11.1. The Morgan fingerprint density at radius 3 is 1.23 bits per heavy atom. The zero-order chi connectivity index (χ0) is 30.5. The van der Waals surface area contributed by atoms with E-state index < -0.39 is 0 Å². The van der Waals surface area contributed by atoms with Crippen molar-refractivity contribution in [2.75, 3.05) is 0 Å². The molecule has 0 aliphatic carbocycles. The SMILES string of the molecule is O=c1c2ccccc2c(Cc2ccc(F)cc2)nn1CCCCCCn1nc(Cc2ccc(F)cc2)c2ccccc2c1=O. The van der Waals surface area contributed by atoms with E-state index in [-0.39, 0.29) is 22.8 Å². The average Bonchev–Trinajstić information content (AvgIpc) is 3.05. The summed E-state index contributed by atoms with van der Waals surface area (Å²) in [6, 6.07) is 27.6. The Bertz CT molecular complexity index is 1890. The molecule has 0 fully saturated rings. The van der Waals surface area contributed by atoms with Crippen LogP contribution in [0, 0.1) is 11.6 Å². The van der Waals surface area contributed by atoms with E-state index >= 15 is 0 Å². The Morgan fingerprint density at radius 2 is 0.841 bits per heavy atom. The lowest BCUT2D eigenvalue weighted by Crippen LogP contribution is -2.25. The summed E-state index contributed by atoms with van der Waals surface area (Å²) in [4.78, 5) is 26.4. The van der Waals surface area contributed by atoms with Crippen LogP contribution in [0.4, 0.5) is 8.78 Å². The number of hydrogen-bond donors (Lipinski definition) is 0. The Hall–Kier alpha value is -4.98. The number of aryl methyl sites for hydroxylation is 2. The lowest BCUT2D eigenvalue weighted by atomic mass is 10.0. The standard InChI is InChI=1S/C36H32F2N4O2/c37-27-17-13-25(14-18-27)23-33-29-9-3-5-11-31(29)35(43)41(39-33)21-7-1-2-8-22-42-36(44)32-12-6-4-10-30(32)34(40-42)24-26-15-19-28(38)20-16-26/h3-6,9-20H,1-2,7-8,21-24H2. The fourth-order valence-electron chi connectivity index (χ4n) is 5.64. The summed E-state index contributed by atoms with van der Waals surface area (Å²) >= 11 is 0. The quantitative estimate of drug-likeness (QED) is 0.155. The zero-order valence-corrected chi connectivity index (χ0v) is 24.3. The third kappa shape index (κ3) is 6.49. The first kappa shape index (κ1) is 29.1. The summed E-state index contributed by atoms with van der Waals surface area (Å²) in [5, 5.41) is 12.3. The third-order valence-electron chi connectivity index (χ3n) is 7.95. The van der Waals surface area contributed by atoms with E-state index in [4.69, 9.17) is 10.2 Å². The number of hydrogen-bond acceptors (Lipinski definition) is 4. The van der Waals surface area contributed by atoms with E-state index in [2.05, 4.69) is 0 Å². The van der Waals surface area contributed by atoms with Gasteiger partial charge < -0.3 is 0 Å². The summed E-state index contributed by atoms with van der Waals surface area (Å²) in [5.74, 6) is -0.577. The van der Waals surface area contributed by atoms with Crippen molar-refractivity contribution in [2.45, 2.75) is 51.6 Å². The maximum atomic E-state index is 13.4. The molecule has 0 radical (unpaired) electrons. The topological polar surface area (TPSA) is 69.8 Å². The first-order chi connectivity index (χ1) is 21.5. The molecule has 222 valence electrons. The summed E-state index contributed by atoms with van der Waals surface area (Å²) in [6.45, 7) is 0.964. The molecule has 0 atom stereocenters. The van der Waals surface area contributed by atoms with Crippen molar-refractivity contribution in [3.63, 3.8) is 0 Å². The van der Waals surface area contributed by atoms with Crippen molar-refractivity contribution in [1.29, 1.82) is 0 Å². The minimum Gasteiger partial charge on any atom is -0.267 e. The molecular formula is C36H32F2N4O2. The van der Waals surface area contributed by atoms with Gasteiger partial charge in [0.15, 0.2) is 0 Å². The molecule has 4 aromatic carbocycles. The van der Waals surface area contributed by atoms with Gasteiger partial charge >= 0.3 is 0 Å². The molecule has 8 heteroatoms. The smallest absolute Gasteiger partial charge is 0.267 e. The highest BCUT2D eigenvalue weighted by Crippen LogP contribution is 2.19. The molecular weight excluding hydrogens is 558 g/mol. The Balaban J connectivity index is 1.11. The maximum Gasteiger partial charge on any atom is 0.274 e. The number of rotatable bonds is 11. The highest BCUT2D eigenvalue weighted by molar-refractivity contribution is 5.84. The monoisotopic (exact) mass is 590 g/mol. The van der Waals surface area contributed by atoms with Gasteiger partial charge in [-0.15, -0.1) is 0 Å². The van der Waals surface area contributed by atoms with Crippen molar-refractivity contribution in [1.82, 2.24) is 19.6 Å². The summed E-state index contributed by atoms with van der Waals surface area (Å²) in [6.07, 6.45) is 4.24. The van der Waals surface area contributed by atoms with Crippen LogP contribution in [0.15, 0.2) is 107 Å². The van der Waals surface area contributed by atoms with Crippen molar-refractivity contribution in [2.24, 2.45) is 0 Å². The van der Waals surface area contributed by atoms with Gasteiger partial charge in [-0.05, 0) is 60.4 Å². The van der Waals surface area contributed by atoms with Crippen LogP contribution in [0.2, 0.25) is 0 Å². The molecule has 0 aliphatic rings. The van der Waals surface area contributed by atoms with E-state index in [1.807, 2.05) is 48.5 Å². The Morgan fingerprint density at radius 1 is 0.477 bits per heavy atom. The fraction of sp³-hybridized carbons (Fsp3) is 0.222. The largest absolute Gasteiger partial charge is 0.274 e. The van der Waals surface area contributed by atoms with Gasteiger partial charge in [-0.25, -0.2) is 18.1 Å². The highest BCUT2D eigenvalue weighted by Gasteiger charge is 2.13. The molecule has 6 rings (SSSR count). The number of benzene rings is 4. The summed E-state index contributed by atoms with van der Waals surface area (Å²) in [5.41, 5.74) is 3.17. The summed E-state index contributed by atoms with van der Waals surface area (Å²) < 4.78 is 29.9. The van der Waals surface area contributed by atoms with Crippen molar-refractivity contribution in [3.05, 3.63) is 152 Å². The van der Waals surface area contributed by atoms with Gasteiger partial charge in [0.2, 0.25) is 0 Å². The predicted molar refractivity (Wildman–Crippen MR) is 169 cm³/mol. The molecule has 2 heterocycles. The molecule has 0 unspecified atom stereocenters. The molecule has 0 amide bonds. The number of unbranched alkanes of at least 4 members (excludes halogenated alkanes) is 3. The first-order valence-corrected chi connectivity index (χ1v) is 14.9. The maximum absolute atomic E-state index is 13.4. The van der Waals surface area contributed by atoms with Gasteiger partial charge in [-0.1, -0.05) is 73.5 Å². The molecule has 0 bridgehead atoms. The number of fused-ring (bicyclic) bond motifs is 2. The van der Waals surface area contributed by atoms with Crippen molar-refractivity contribution < 1.29 is 8.78 Å². The van der Waals surface area contributed by atoms with E-state index in [1.165, 1.54) is 33.6 Å². The molecule has 6 aromatic rings. The van der Waals surface area contributed by atoms with Gasteiger partial charge in [0.25, 0.3) is 11.1 Å². The van der Waals surface area contributed by atoms with Crippen LogP contribution in [0.3, 0.4) is 0 Å². The molecule has 2 aromatic heterocycles. The van der Waals surface area contributed by atoms with Crippen LogP contribution in [0.1, 0.15) is 48.2 Å². The second kappa shape index (κ2) is 13.1. The van der Waals surface area contributed by atoms with E-state index in [0.29, 0.717) is 36.7 Å². The van der Waals surface area contributed by atoms with Gasteiger partial charge in [0.1, 0.15) is 11.6 Å². The van der Waals surface area contributed by atoms with Crippen LogP contribution in [-0.4, -0.2) is 19.6 Å². The molecule has 0 saturated heterocycles. The normalized spacial score (nSPS) is 11.4. The molecule has 0 N–H and O–H groups in total. The van der Waals surface area contributed by atoms with Crippen LogP contribution < -0.4 is 11.1 Å². The molecule has 0 aliphatic heterocycles. The van der Waals surface area contributed by atoms with Crippen LogP contribution in [-0.2, 0) is 25.9 Å². The van der Waals surface area contributed by atoms with Gasteiger partial charge in [0, 0.05) is 36.7 Å². The minimum absolute atomic E-state index is 0.121. The van der Waals surface area contributed by atoms with Gasteiger partial charge in [-0.3, -0.25) is 9.59 Å². The van der Waals surface area contributed by atoms with Crippen LogP contribution in [0.5, 0.6) is 0 Å². The first-order valence-electron chi connectivity index (χ1n) is 14.9. The number of halogens is 2. The van der Waals surface area contributed by atoms with E-state index in [1.54, 1.807) is 24.3 Å². The fourth-order valence-corrected chi connectivity index (χ4v) is 5.64. The second-order valence-corrected chi connectivity index (χ2v) is 11.1. The third-order valence-corrected chi connectivity index (χ3v) is 7.95. The van der Waals surface area contributed by atoms with Crippen molar-refractivity contribution in [3.8, 4) is 0 Å². The van der Waals surface area contributed by atoms with Crippen LogP contribution in [0.25, 0.3) is 21.5 Å². The van der Waals surface area contributed by atoms with Crippen LogP contribution >= 0.6 is 0 Å².